The van der Waals surface area contributed by atoms with E-state index in [1.807, 2.05) is 12.1 Å². The Hall–Kier alpha value is -2.56. The second kappa shape index (κ2) is 8.02. The summed E-state index contributed by atoms with van der Waals surface area (Å²) in [5, 5.41) is 2.58. The van der Waals surface area contributed by atoms with Crippen molar-refractivity contribution in [2.45, 2.75) is 19.3 Å². The monoisotopic (exact) mass is 300 g/mol. The van der Waals surface area contributed by atoms with E-state index in [2.05, 4.69) is 10.3 Å². The van der Waals surface area contributed by atoms with Crippen molar-refractivity contribution in [3.05, 3.63) is 65.7 Å². The lowest BCUT2D eigenvalue weighted by Gasteiger charge is -2.05. The van der Waals surface area contributed by atoms with Crippen molar-refractivity contribution in [2.75, 3.05) is 6.54 Å². The van der Waals surface area contributed by atoms with Crippen molar-refractivity contribution in [3.8, 4) is 0 Å². The second-order valence-electron chi connectivity index (χ2n) is 4.92. The SMILES string of the molecule is O=C(CCCc1cccnc1)NCC(=O)c1ccc(F)cc1. The summed E-state index contributed by atoms with van der Waals surface area (Å²) in [6, 6.07) is 9.09. The fourth-order valence-corrected chi connectivity index (χ4v) is 2.00. The minimum Gasteiger partial charge on any atom is -0.349 e. The zero-order valence-electron chi connectivity index (χ0n) is 12.1. The van der Waals surface area contributed by atoms with Crippen LogP contribution in [0.4, 0.5) is 4.39 Å². The van der Waals surface area contributed by atoms with Gasteiger partial charge in [-0.05, 0) is 48.7 Å². The molecule has 0 aliphatic carbocycles. The van der Waals surface area contributed by atoms with Gasteiger partial charge < -0.3 is 5.32 Å². The van der Waals surface area contributed by atoms with Crippen molar-refractivity contribution in [3.63, 3.8) is 0 Å². The molecule has 0 unspecified atom stereocenters. The van der Waals surface area contributed by atoms with E-state index in [4.69, 9.17) is 0 Å². The Bertz CT molecular complexity index is 627. The lowest BCUT2D eigenvalue weighted by atomic mass is 10.1. The zero-order valence-corrected chi connectivity index (χ0v) is 12.1. The van der Waals surface area contributed by atoms with Gasteiger partial charge in [0, 0.05) is 24.4 Å². The Morgan fingerprint density at radius 1 is 1.14 bits per heavy atom. The molecule has 0 bridgehead atoms. The Kier molecular flexibility index (Phi) is 5.77. The maximum atomic E-state index is 12.8. The molecule has 1 heterocycles. The first-order valence-electron chi connectivity index (χ1n) is 7.09. The van der Waals surface area contributed by atoms with Gasteiger partial charge >= 0.3 is 0 Å². The van der Waals surface area contributed by atoms with Crippen molar-refractivity contribution >= 4 is 11.7 Å². The van der Waals surface area contributed by atoms with Crippen molar-refractivity contribution in [1.82, 2.24) is 10.3 Å². The van der Waals surface area contributed by atoms with Gasteiger partial charge in [-0.1, -0.05) is 6.07 Å². The number of aromatic nitrogens is 1. The summed E-state index contributed by atoms with van der Waals surface area (Å²) in [5.74, 6) is -0.795. The lowest BCUT2D eigenvalue weighted by molar-refractivity contribution is -0.121. The molecule has 0 fully saturated rings. The van der Waals surface area contributed by atoms with Gasteiger partial charge in [0.2, 0.25) is 5.91 Å². The van der Waals surface area contributed by atoms with Crippen LogP contribution < -0.4 is 5.32 Å². The van der Waals surface area contributed by atoms with Crippen LogP contribution in [-0.4, -0.2) is 23.2 Å². The number of pyridine rings is 1. The average molecular weight is 300 g/mol. The van der Waals surface area contributed by atoms with E-state index in [9.17, 15) is 14.0 Å². The number of nitrogens with one attached hydrogen (secondary N) is 1. The highest BCUT2D eigenvalue weighted by Crippen LogP contribution is 2.04. The normalized spacial score (nSPS) is 10.2. The molecule has 22 heavy (non-hydrogen) atoms. The van der Waals surface area contributed by atoms with Crippen LogP contribution in [0.25, 0.3) is 0 Å². The number of hydrogen-bond donors (Lipinski definition) is 1. The van der Waals surface area contributed by atoms with E-state index in [1.165, 1.54) is 24.3 Å². The number of aryl methyl sites for hydroxylation is 1. The topological polar surface area (TPSA) is 59.1 Å². The first-order valence-corrected chi connectivity index (χ1v) is 7.09. The molecule has 1 N–H and O–H groups in total. The average Bonchev–Trinajstić information content (AvgIpc) is 2.54. The number of nitrogens with zero attached hydrogens (tertiary/aromatic N) is 1. The molecule has 0 atom stereocenters. The van der Waals surface area contributed by atoms with E-state index in [-0.39, 0.29) is 18.2 Å². The van der Waals surface area contributed by atoms with E-state index >= 15 is 0 Å². The van der Waals surface area contributed by atoms with Gasteiger partial charge in [-0.3, -0.25) is 14.6 Å². The van der Waals surface area contributed by atoms with Crippen molar-refractivity contribution < 1.29 is 14.0 Å². The number of carbonyl (C=O) groups is 2. The zero-order chi connectivity index (χ0) is 15.8. The second-order valence-corrected chi connectivity index (χ2v) is 4.92. The molecule has 5 heteroatoms. The van der Waals surface area contributed by atoms with E-state index in [0.717, 1.165) is 12.0 Å². The van der Waals surface area contributed by atoms with Crippen LogP contribution in [0.5, 0.6) is 0 Å². The maximum Gasteiger partial charge on any atom is 0.220 e. The molecule has 0 spiro atoms. The van der Waals surface area contributed by atoms with E-state index < -0.39 is 5.82 Å². The minimum atomic E-state index is -0.393. The smallest absolute Gasteiger partial charge is 0.220 e. The molecular formula is C17H17FN2O2. The van der Waals surface area contributed by atoms with Crippen LogP contribution in [0, 0.1) is 5.82 Å². The van der Waals surface area contributed by atoms with Gasteiger partial charge in [0.05, 0.1) is 6.54 Å². The summed E-state index contributed by atoms with van der Waals surface area (Å²) in [4.78, 5) is 27.5. The highest BCUT2D eigenvalue weighted by atomic mass is 19.1. The minimum absolute atomic E-state index is 0.0721. The Labute approximate surface area is 128 Å². The fraction of sp³-hybridized carbons (Fsp3) is 0.235. The van der Waals surface area contributed by atoms with Crippen LogP contribution in [0.15, 0.2) is 48.8 Å². The molecule has 0 aliphatic rings. The predicted molar refractivity (Wildman–Crippen MR) is 80.9 cm³/mol. The number of rotatable bonds is 7. The largest absolute Gasteiger partial charge is 0.349 e. The highest BCUT2D eigenvalue weighted by molar-refractivity contribution is 5.99. The molecule has 2 rings (SSSR count). The Balaban J connectivity index is 1.69. The van der Waals surface area contributed by atoms with Crippen LogP contribution in [0.1, 0.15) is 28.8 Å². The number of Topliss-reactive ketones (excluding diaryl/α,β-unsaturated/α-hetero) is 1. The molecule has 1 aromatic carbocycles. The molecular weight excluding hydrogens is 283 g/mol. The van der Waals surface area contributed by atoms with Crippen molar-refractivity contribution in [1.29, 1.82) is 0 Å². The van der Waals surface area contributed by atoms with E-state index in [1.54, 1.807) is 12.4 Å². The molecule has 1 aromatic heterocycles. The van der Waals surface area contributed by atoms with Crippen LogP contribution >= 0.6 is 0 Å². The first kappa shape index (κ1) is 15.8. The Morgan fingerprint density at radius 2 is 1.91 bits per heavy atom. The molecule has 2 aromatic rings. The molecule has 0 aliphatic heterocycles. The molecule has 1 amide bonds. The summed E-state index contributed by atoms with van der Waals surface area (Å²) >= 11 is 0. The highest BCUT2D eigenvalue weighted by Gasteiger charge is 2.08. The number of halogens is 1. The molecule has 0 radical (unpaired) electrons. The summed E-state index contributed by atoms with van der Waals surface area (Å²) in [5.41, 5.74) is 1.47. The summed E-state index contributed by atoms with van der Waals surface area (Å²) in [6.45, 7) is -0.0721. The maximum absolute atomic E-state index is 12.8. The van der Waals surface area contributed by atoms with Crippen LogP contribution in [0.2, 0.25) is 0 Å². The van der Waals surface area contributed by atoms with Gasteiger partial charge in [-0.15, -0.1) is 0 Å². The number of amides is 1. The fourth-order valence-electron chi connectivity index (χ4n) is 2.00. The van der Waals surface area contributed by atoms with Crippen LogP contribution in [-0.2, 0) is 11.2 Å². The van der Waals surface area contributed by atoms with Gasteiger partial charge in [-0.25, -0.2) is 4.39 Å². The van der Waals surface area contributed by atoms with E-state index in [0.29, 0.717) is 18.4 Å². The lowest BCUT2D eigenvalue weighted by Crippen LogP contribution is -2.29. The van der Waals surface area contributed by atoms with Crippen LogP contribution in [0.3, 0.4) is 0 Å². The summed E-state index contributed by atoms with van der Waals surface area (Å²) in [6.07, 6.45) is 5.30. The quantitative estimate of drug-likeness (QED) is 0.799. The number of hydrogen-bond acceptors (Lipinski definition) is 3. The number of benzene rings is 1. The molecule has 114 valence electrons. The number of carbonyl (C=O) groups excluding carboxylic acids is 2. The third kappa shape index (κ3) is 5.09. The van der Waals surface area contributed by atoms with Gasteiger partial charge in [0.25, 0.3) is 0 Å². The molecule has 0 saturated carbocycles. The first-order chi connectivity index (χ1) is 10.6. The third-order valence-electron chi connectivity index (χ3n) is 3.20. The molecule has 4 nitrogen and oxygen atoms in total. The van der Waals surface area contributed by atoms with Crippen molar-refractivity contribution in [2.24, 2.45) is 0 Å². The summed E-state index contributed by atoms with van der Waals surface area (Å²) in [7, 11) is 0. The summed E-state index contributed by atoms with van der Waals surface area (Å²) < 4.78 is 12.8. The standard InChI is InChI=1S/C17H17FN2O2/c18-15-8-6-14(7-9-15)16(21)12-20-17(22)5-1-3-13-4-2-10-19-11-13/h2,4,6-11H,1,3,5,12H2,(H,20,22). The Morgan fingerprint density at radius 3 is 2.59 bits per heavy atom. The van der Waals surface area contributed by atoms with Gasteiger partial charge in [-0.2, -0.15) is 0 Å². The van der Waals surface area contributed by atoms with Gasteiger partial charge in [0.15, 0.2) is 5.78 Å². The van der Waals surface area contributed by atoms with Gasteiger partial charge in [0.1, 0.15) is 5.82 Å². The number of ketones is 1. The predicted octanol–water partition coefficient (Wildman–Crippen LogP) is 2.54. The molecule has 0 saturated heterocycles. The third-order valence-corrected chi connectivity index (χ3v) is 3.20.